The van der Waals surface area contributed by atoms with E-state index in [2.05, 4.69) is 0 Å². The van der Waals surface area contributed by atoms with Crippen LogP contribution >= 0.6 is 0 Å². The van der Waals surface area contributed by atoms with E-state index >= 15 is 0 Å². The Morgan fingerprint density at radius 2 is 1.82 bits per heavy atom. The summed E-state index contributed by atoms with van der Waals surface area (Å²) in [5, 5.41) is 10.4. The summed E-state index contributed by atoms with van der Waals surface area (Å²) in [4.78, 5) is 44.7. The molecule has 1 rings (SSSR count). The van der Waals surface area contributed by atoms with Gasteiger partial charge in [0.1, 0.15) is 13.2 Å². The SMILES string of the molecule is N[C@@H](CC(=O)NCC(=O)O)C(=O)C(=O)OCc1ccccc1. The number of rotatable bonds is 8. The molecule has 0 bridgehead atoms. The minimum absolute atomic E-state index is 0.0800. The van der Waals surface area contributed by atoms with Gasteiger partial charge in [-0.3, -0.25) is 14.4 Å². The Labute approximate surface area is 126 Å². The standard InChI is InChI=1S/C14H16N2O6/c15-10(6-11(17)16-7-12(18)19)13(20)14(21)22-8-9-4-2-1-3-5-9/h1-5,10H,6-8,15H2,(H,16,17)(H,18,19)/t10-/m0/s1. The van der Waals surface area contributed by atoms with E-state index < -0.39 is 42.6 Å². The molecule has 22 heavy (non-hydrogen) atoms. The molecule has 1 aromatic carbocycles. The van der Waals surface area contributed by atoms with Gasteiger partial charge in [0, 0.05) is 6.42 Å². The van der Waals surface area contributed by atoms with Gasteiger partial charge in [0.2, 0.25) is 5.91 Å². The van der Waals surface area contributed by atoms with Gasteiger partial charge in [0.25, 0.3) is 5.78 Å². The quantitative estimate of drug-likeness (QED) is 0.423. The minimum Gasteiger partial charge on any atom is -0.480 e. The number of hydrogen-bond acceptors (Lipinski definition) is 6. The Balaban J connectivity index is 2.40. The number of carboxylic acids is 1. The number of ketones is 1. The van der Waals surface area contributed by atoms with Crippen LogP contribution in [0, 0.1) is 0 Å². The van der Waals surface area contributed by atoms with Crippen molar-refractivity contribution in [2.75, 3.05) is 6.54 Å². The van der Waals surface area contributed by atoms with Gasteiger partial charge in [-0.15, -0.1) is 0 Å². The van der Waals surface area contributed by atoms with Crippen molar-refractivity contribution in [3.63, 3.8) is 0 Å². The predicted octanol–water partition coefficient (Wildman–Crippen LogP) is -0.783. The van der Waals surface area contributed by atoms with Crippen LogP contribution in [0.2, 0.25) is 0 Å². The molecule has 0 fully saturated rings. The number of carboxylic acid groups (broad SMARTS) is 1. The molecule has 0 saturated heterocycles. The average Bonchev–Trinajstić information content (AvgIpc) is 2.50. The number of amides is 1. The molecule has 0 heterocycles. The fraction of sp³-hybridized carbons (Fsp3) is 0.286. The summed E-state index contributed by atoms with van der Waals surface area (Å²) >= 11 is 0. The number of nitrogens with two attached hydrogens (primary N) is 1. The average molecular weight is 308 g/mol. The van der Waals surface area contributed by atoms with Crippen molar-refractivity contribution in [2.24, 2.45) is 5.73 Å². The number of carbonyl (C=O) groups excluding carboxylic acids is 3. The normalized spacial score (nSPS) is 11.3. The molecule has 118 valence electrons. The lowest BCUT2D eigenvalue weighted by Crippen LogP contribution is -2.42. The van der Waals surface area contributed by atoms with Crippen molar-refractivity contribution in [1.29, 1.82) is 0 Å². The van der Waals surface area contributed by atoms with Crippen LogP contribution in [-0.4, -0.2) is 41.3 Å². The Bertz CT molecular complexity index is 558. The van der Waals surface area contributed by atoms with E-state index in [4.69, 9.17) is 15.6 Å². The maximum atomic E-state index is 11.6. The fourth-order valence-electron chi connectivity index (χ4n) is 1.48. The third-order valence-electron chi connectivity index (χ3n) is 2.59. The number of carbonyl (C=O) groups is 4. The Morgan fingerprint density at radius 1 is 1.18 bits per heavy atom. The first-order valence-corrected chi connectivity index (χ1v) is 6.39. The molecule has 4 N–H and O–H groups in total. The maximum Gasteiger partial charge on any atom is 0.376 e. The van der Waals surface area contributed by atoms with Crippen LogP contribution < -0.4 is 11.1 Å². The van der Waals surface area contributed by atoms with Crippen molar-refractivity contribution in [3.8, 4) is 0 Å². The zero-order chi connectivity index (χ0) is 16.5. The summed E-state index contributed by atoms with van der Waals surface area (Å²) < 4.78 is 4.80. The van der Waals surface area contributed by atoms with Gasteiger partial charge in [-0.1, -0.05) is 30.3 Å². The van der Waals surface area contributed by atoms with Gasteiger partial charge in [-0.25, -0.2) is 4.79 Å². The van der Waals surface area contributed by atoms with Gasteiger partial charge in [-0.05, 0) is 5.56 Å². The van der Waals surface area contributed by atoms with Gasteiger partial charge < -0.3 is 20.9 Å². The first-order valence-electron chi connectivity index (χ1n) is 6.39. The molecule has 0 aliphatic heterocycles. The van der Waals surface area contributed by atoms with Crippen LogP contribution in [0.25, 0.3) is 0 Å². The van der Waals surface area contributed by atoms with E-state index in [1.165, 1.54) is 0 Å². The molecular formula is C14H16N2O6. The molecule has 1 aromatic rings. The second kappa shape index (κ2) is 8.53. The van der Waals surface area contributed by atoms with E-state index in [0.717, 1.165) is 0 Å². The van der Waals surface area contributed by atoms with Crippen molar-refractivity contribution in [2.45, 2.75) is 19.1 Å². The molecule has 8 heteroatoms. The molecule has 1 atom stereocenters. The highest BCUT2D eigenvalue weighted by Crippen LogP contribution is 2.02. The lowest BCUT2D eigenvalue weighted by atomic mass is 10.1. The van der Waals surface area contributed by atoms with Crippen molar-refractivity contribution in [1.82, 2.24) is 5.32 Å². The third kappa shape index (κ3) is 6.14. The van der Waals surface area contributed by atoms with E-state index in [1.807, 2.05) is 5.32 Å². The highest BCUT2D eigenvalue weighted by atomic mass is 16.5. The summed E-state index contributed by atoms with van der Waals surface area (Å²) in [7, 11) is 0. The minimum atomic E-state index is -1.38. The first-order chi connectivity index (χ1) is 10.4. The van der Waals surface area contributed by atoms with Crippen molar-refractivity contribution < 1.29 is 29.0 Å². The second-order valence-corrected chi connectivity index (χ2v) is 4.41. The Kier molecular flexibility index (Phi) is 6.71. The van der Waals surface area contributed by atoms with Crippen LogP contribution in [0.3, 0.4) is 0 Å². The molecule has 0 saturated carbocycles. The lowest BCUT2D eigenvalue weighted by Gasteiger charge is -2.10. The molecule has 0 unspecified atom stereocenters. The van der Waals surface area contributed by atoms with Gasteiger partial charge in [-0.2, -0.15) is 0 Å². The van der Waals surface area contributed by atoms with E-state index in [0.29, 0.717) is 5.56 Å². The summed E-state index contributed by atoms with van der Waals surface area (Å²) in [5.41, 5.74) is 6.14. The summed E-state index contributed by atoms with van der Waals surface area (Å²) in [5.74, 6) is -4.14. The molecule has 0 aliphatic carbocycles. The number of Topliss-reactive ketones (excluding diaryl/α,β-unsaturated/α-hetero) is 1. The van der Waals surface area contributed by atoms with Gasteiger partial charge in [0.15, 0.2) is 0 Å². The molecule has 0 radical (unpaired) electrons. The summed E-state index contributed by atoms with van der Waals surface area (Å²) in [6.45, 7) is -0.665. The molecule has 0 aromatic heterocycles. The predicted molar refractivity (Wildman–Crippen MR) is 74.5 cm³/mol. The number of esters is 1. The molecule has 0 spiro atoms. The van der Waals surface area contributed by atoms with Crippen molar-refractivity contribution >= 4 is 23.6 Å². The molecule has 1 amide bonds. The van der Waals surface area contributed by atoms with Gasteiger partial charge >= 0.3 is 11.9 Å². The first kappa shape index (κ1) is 17.3. The van der Waals surface area contributed by atoms with E-state index in [9.17, 15) is 19.2 Å². The van der Waals surface area contributed by atoms with Crippen LogP contribution in [0.1, 0.15) is 12.0 Å². The highest BCUT2D eigenvalue weighted by Gasteiger charge is 2.25. The monoisotopic (exact) mass is 308 g/mol. The number of hydrogen-bond donors (Lipinski definition) is 3. The van der Waals surface area contributed by atoms with Crippen molar-refractivity contribution in [3.05, 3.63) is 35.9 Å². The summed E-state index contributed by atoms with van der Waals surface area (Å²) in [6.07, 6.45) is -0.494. The zero-order valence-electron chi connectivity index (χ0n) is 11.7. The third-order valence-corrected chi connectivity index (χ3v) is 2.59. The zero-order valence-corrected chi connectivity index (χ0v) is 11.7. The van der Waals surface area contributed by atoms with Gasteiger partial charge in [0.05, 0.1) is 6.04 Å². The molecule has 8 nitrogen and oxygen atoms in total. The molecular weight excluding hydrogens is 292 g/mol. The number of aliphatic carboxylic acids is 1. The number of benzene rings is 1. The van der Waals surface area contributed by atoms with Crippen LogP contribution in [-0.2, 0) is 30.5 Å². The lowest BCUT2D eigenvalue weighted by molar-refractivity contribution is -0.155. The Morgan fingerprint density at radius 3 is 2.41 bits per heavy atom. The van der Waals surface area contributed by atoms with Crippen LogP contribution in [0.15, 0.2) is 30.3 Å². The number of ether oxygens (including phenoxy) is 1. The fourth-order valence-corrected chi connectivity index (χ4v) is 1.48. The molecule has 0 aliphatic rings. The van der Waals surface area contributed by atoms with E-state index in [1.54, 1.807) is 30.3 Å². The van der Waals surface area contributed by atoms with Crippen LogP contribution in [0.4, 0.5) is 0 Å². The topological polar surface area (TPSA) is 136 Å². The largest absolute Gasteiger partial charge is 0.480 e. The maximum absolute atomic E-state index is 11.6. The smallest absolute Gasteiger partial charge is 0.376 e. The van der Waals surface area contributed by atoms with Crippen LogP contribution in [0.5, 0.6) is 0 Å². The Hall–Kier alpha value is -2.74. The number of nitrogens with one attached hydrogen (secondary N) is 1. The summed E-state index contributed by atoms with van der Waals surface area (Å²) in [6, 6.07) is 7.36. The van der Waals surface area contributed by atoms with E-state index in [-0.39, 0.29) is 6.61 Å². The second-order valence-electron chi connectivity index (χ2n) is 4.41. The highest BCUT2D eigenvalue weighted by molar-refractivity contribution is 6.36.